The van der Waals surface area contributed by atoms with Crippen LogP contribution in [-0.4, -0.2) is 38.0 Å². The van der Waals surface area contributed by atoms with Gasteiger partial charge in [0.2, 0.25) is 5.91 Å². The van der Waals surface area contributed by atoms with Gasteiger partial charge in [0.15, 0.2) is 11.0 Å². The van der Waals surface area contributed by atoms with Crippen molar-refractivity contribution in [3.63, 3.8) is 0 Å². The molecule has 0 aliphatic rings. The Bertz CT molecular complexity index is 880. The van der Waals surface area contributed by atoms with Gasteiger partial charge in [-0.3, -0.25) is 14.3 Å². The summed E-state index contributed by atoms with van der Waals surface area (Å²) in [7, 11) is 0. The summed E-state index contributed by atoms with van der Waals surface area (Å²) >= 11 is 1.37. The molecule has 1 aromatic carbocycles. The van der Waals surface area contributed by atoms with E-state index in [0.717, 1.165) is 17.8 Å². The van der Waals surface area contributed by atoms with Crippen molar-refractivity contribution in [2.45, 2.75) is 18.1 Å². The molecule has 3 rings (SSSR count). The van der Waals surface area contributed by atoms with Crippen LogP contribution in [0.2, 0.25) is 0 Å². The maximum atomic E-state index is 12.1. The van der Waals surface area contributed by atoms with Crippen molar-refractivity contribution in [3.05, 3.63) is 73.1 Å². The van der Waals surface area contributed by atoms with Gasteiger partial charge in [-0.2, -0.15) is 0 Å². The van der Waals surface area contributed by atoms with E-state index in [2.05, 4.69) is 39.2 Å². The van der Waals surface area contributed by atoms with Crippen molar-refractivity contribution in [2.75, 3.05) is 12.3 Å². The third-order valence-corrected chi connectivity index (χ3v) is 4.83. The monoisotopic (exact) mass is 379 g/mol. The van der Waals surface area contributed by atoms with Gasteiger partial charge in [-0.15, -0.1) is 16.8 Å². The zero-order chi connectivity index (χ0) is 18.9. The van der Waals surface area contributed by atoms with Crippen molar-refractivity contribution in [2.24, 2.45) is 0 Å². The van der Waals surface area contributed by atoms with Gasteiger partial charge < -0.3 is 5.32 Å². The molecule has 1 N–H and O–H groups in total. The number of hydrogen-bond acceptors (Lipinski definition) is 5. The quantitative estimate of drug-likeness (QED) is 0.457. The zero-order valence-electron chi connectivity index (χ0n) is 14.9. The number of nitrogens with zero attached hydrogens (tertiary/aromatic N) is 4. The van der Waals surface area contributed by atoms with Crippen molar-refractivity contribution in [1.82, 2.24) is 25.1 Å². The van der Waals surface area contributed by atoms with Crippen LogP contribution in [0.25, 0.3) is 11.4 Å². The van der Waals surface area contributed by atoms with Crippen LogP contribution < -0.4 is 5.32 Å². The van der Waals surface area contributed by atoms with Gasteiger partial charge in [-0.05, 0) is 24.1 Å². The highest BCUT2D eigenvalue weighted by Crippen LogP contribution is 2.23. The molecule has 0 saturated carbocycles. The van der Waals surface area contributed by atoms with Crippen LogP contribution in [-0.2, 0) is 17.8 Å². The number of rotatable bonds is 9. The fourth-order valence-corrected chi connectivity index (χ4v) is 3.35. The summed E-state index contributed by atoms with van der Waals surface area (Å²) in [6, 6.07) is 13.9. The molecule has 0 aliphatic heterocycles. The molecular formula is C20H21N5OS. The third-order valence-electron chi connectivity index (χ3n) is 3.86. The summed E-state index contributed by atoms with van der Waals surface area (Å²) < 4.78 is 1.94. The van der Waals surface area contributed by atoms with Gasteiger partial charge in [0, 0.05) is 31.0 Å². The number of hydrogen-bond donors (Lipinski definition) is 1. The van der Waals surface area contributed by atoms with Gasteiger partial charge in [-0.25, -0.2) is 0 Å². The number of thioether (sulfide) groups is 1. The second-order valence-electron chi connectivity index (χ2n) is 5.82. The summed E-state index contributed by atoms with van der Waals surface area (Å²) in [5, 5.41) is 12.1. The molecule has 7 heteroatoms. The molecule has 0 spiro atoms. The number of benzene rings is 1. The predicted molar refractivity (Wildman–Crippen MR) is 107 cm³/mol. The maximum Gasteiger partial charge on any atom is 0.230 e. The molecule has 138 valence electrons. The number of pyridine rings is 1. The third kappa shape index (κ3) is 5.27. The van der Waals surface area contributed by atoms with Gasteiger partial charge >= 0.3 is 0 Å². The van der Waals surface area contributed by atoms with Gasteiger partial charge in [-0.1, -0.05) is 48.2 Å². The molecule has 6 nitrogen and oxygen atoms in total. The Morgan fingerprint density at radius 3 is 2.78 bits per heavy atom. The van der Waals surface area contributed by atoms with E-state index < -0.39 is 0 Å². The fourth-order valence-electron chi connectivity index (χ4n) is 2.57. The van der Waals surface area contributed by atoms with Crippen LogP contribution in [0.5, 0.6) is 0 Å². The standard InChI is InChI=1S/C20H21N5OS/c1-2-13-25-19(17-9-6-11-21-14-17)23-24-20(25)27-15-18(26)22-12-10-16-7-4-3-5-8-16/h2-9,11,14H,1,10,12-13,15H2,(H,22,26). The molecular weight excluding hydrogens is 358 g/mol. The van der Waals surface area contributed by atoms with Crippen molar-refractivity contribution < 1.29 is 4.79 Å². The fraction of sp³-hybridized carbons (Fsp3) is 0.200. The first-order valence-corrected chi connectivity index (χ1v) is 9.64. The van der Waals surface area contributed by atoms with Gasteiger partial charge in [0.25, 0.3) is 0 Å². The van der Waals surface area contributed by atoms with Crippen LogP contribution in [0.15, 0.2) is 72.7 Å². The number of nitrogens with one attached hydrogen (secondary N) is 1. The minimum Gasteiger partial charge on any atom is -0.355 e. The van der Waals surface area contributed by atoms with Gasteiger partial charge in [0.05, 0.1) is 5.75 Å². The van der Waals surface area contributed by atoms with E-state index in [-0.39, 0.29) is 11.7 Å². The van der Waals surface area contributed by atoms with Crippen molar-refractivity contribution >= 4 is 17.7 Å². The smallest absolute Gasteiger partial charge is 0.230 e. The summed E-state index contributed by atoms with van der Waals surface area (Å²) in [6.45, 7) is 4.97. The molecule has 0 radical (unpaired) electrons. The lowest BCUT2D eigenvalue weighted by atomic mass is 10.1. The minimum absolute atomic E-state index is 0.0213. The second kappa shape index (κ2) is 9.68. The lowest BCUT2D eigenvalue weighted by Crippen LogP contribution is -2.27. The first kappa shape index (κ1) is 18.8. The lowest BCUT2D eigenvalue weighted by Gasteiger charge is -2.08. The lowest BCUT2D eigenvalue weighted by molar-refractivity contribution is -0.118. The largest absolute Gasteiger partial charge is 0.355 e. The Morgan fingerprint density at radius 2 is 2.04 bits per heavy atom. The van der Waals surface area contributed by atoms with E-state index in [4.69, 9.17) is 0 Å². The maximum absolute atomic E-state index is 12.1. The highest BCUT2D eigenvalue weighted by atomic mass is 32.2. The molecule has 2 heterocycles. The van der Waals surface area contributed by atoms with Crippen LogP contribution in [0.1, 0.15) is 5.56 Å². The van der Waals surface area contributed by atoms with Crippen LogP contribution in [0.4, 0.5) is 0 Å². The van der Waals surface area contributed by atoms with E-state index >= 15 is 0 Å². The molecule has 0 saturated heterocycles. The first-order chi connectivity index (χ1) is 13.3. The SMILES string of the molecule is C=CCn1c(SCC(=O)NCCc2ccccc2)nnc1-c1cccnc1. The van der Waals surface area contributed by atoms with E-state index in [0.29, 0.717) is 18.2 Å². The van der Waals surface area contributed by atoms with E-state index in [9.17, 15) is 4.79 Å². The Balaban J connectivity index is 1.56. The van der Waals surface area contributed by atoms with Crippen molar-refractivity contribution in [3.8, 4) is 11.4 Å². The van der Waals surface area contributed by atoms with Crippen LogP contribution >= 0.6 is 11.8 Å². The highest BCUT2D eigenvalue weighted by Gasteiger charge is 2.14. The number of aromatic nitrogens is 4. The summed E-state index contributed by atoms with van der Waals surface area (Å²) in [5.74, 6) is 0.985. The van der Waals surface area contributed by atoms with Crippen LogP contribution in [0.3, 0.4) is 0 Å². The van der Waals surface area contributed by atoms with Crippen LogP contribution in [0, 0.1) is 0 Å². The van der Waals surface area contributed by atoms with Crippen molar-refractivity contribution in [1.29, 1.82) is 0 Å². The number of carbonyl (C=O) groups is 1. The summed E-state index contributed by atoms with van der Waals surface area (Å²) in [6.07, 6.45) is 6.06. The molecule has 0 bridgehead atoms. The summed E-state index contributed by atoms with van der Waals surface area (Å²) in [5.41, 5.74) is 2.09. The normalized spacial score (nSPS) is 10.5. The molecule has 0 fully saturated rings. The predicted octanol–water partition coefficient (Wildman–Crippen LogP) is 2.98. The second-order valence-corrected chi connectivity index (χ2v) is 6.76. The highest BCUT2D eigenvalue weighted by molar-refractivity contribution is 7.99. The Morgan fingerprint density at radius 1 is 1.19 bits per heavy atom. The minimum atomic E-state index is -0.0213. The number of carbonyl (C=O) groups excluding carboxylic acids is 1. The summed E-state index contributed by atoms with van der Waals surface area (Å²) in [4.78, 5) is 16.3. The molecule has 1 amide bonds. The average Bonchev–Trinajstić information content (AvgIpc) is 3.11. The molecule has 27 heavy (non-hydrogen) atoms. The Labute approximate surface area is 162 Å². The Hall–Kier alpha value is -2.93. The Kier molecular flexibility index (Phi) is 6.76. The molecule has 0 atom stereocenters. The number of amides is 1. The first-order valence-electron chi connectivity index (χ1n) is 8.66. The average molecular weight is 379 g/mol. The molecule has 2 aromatic heterocycles. The van der Waals surface area contributed by atoms with E-state index in [1.807, 2.05) is 34.9 Å². The van der Waals surface area contributed by atoms with E-state index in [1.54, 1.807) is 18.5 Å². The van der Waals surface area contributed by atoms with E-state index in [1.165, 1.54) is 17.3 Å². The molecule has 0 unspecified atom stereocenters. The zero-order valence-corrected chi connectivity index (χ0v) is 15.7. The molecule has 3 aromatic rings. The molecule has 0 aliphatic carbocycles. The topological polar surface area (TPSA) is 72.7 Å². The number of allylic oxidation sites excluding steroid dienone is 1. The van der Waals surface area contributed by atoms with Gasteiger partial charge in [0.1, 0.15) is 0 Å².